The number of anilines is 2. The predicted molar refractivity (Wildman–Crippen MR) is 119 cm³/mol. The molecule has 1 aliphatic rings. The zero-order valence-corrected chi connectivity index (χ0v) is 18.5. The van der Waals surface area contributed by atoms with E-state index in [4.69, 9.17) is 16.3 Å². The number of halogens is 1. The van der Waals surface area contributed by atoms with Gasteiger partial charge < -0.3 is 10.1 Å². The summed E-state index contributed by atoms with van der Waals surface area (Å²) in [6.45, 7) is 1.98. The number of hydrogen-bond acceptors (Lipinski definition) is 8. The Kier molecular flexibility index (Phi) is 6.15. The van der Waals surface area contributed by atoms with Crippen molar-refractivity contribution in [2.45, 2.75) is 31.8 Å². The van der Waals surface area contributed by atoms with E-state index >= 15 is 0 Å². The molecule has 10 heteroatoms. The number of thiazole rings is 1. The van der Waals surface area contributed by atoms with Gasteiger partial charge in [-0.25, -0.2) is 14.8 Å². The van der Waals surface area contributed by atoms with Crippen LogP contribution in [0.1, 0.15) is 30.7 Å². The number of nitrogens with one attached hydrogen (secondary N) is 1. The highest BCUT2D eigenvalue weighted by Crippen LogP contribution is 2.31. The number of rotatable bonds is 6. The van der Waals surface area contributed by atoms with Crippen LogP contribution in [-0.2, 0) is 14.3 Å². The lowest BCUT2D eigenvalue weighted by atomic mass is 10.2. The highest BCUT2D eigenvalue weighted by atomic mass is 35.5. The van der Waals surface area contributed by atoms with Gasteiger partial charge in [0.2, 0.25) is 11.9 Å². The van der Waals surface area contributed by atoms with Gasteiger partial charge in [0, 0.05) is 34.3 Å². The van der Waals surface area contributed by atoms with Crippen molar-refractivity contribution in [2.24, 2.45) is 0 Å². The molecular weight excluding hydrogens is 438 g/mol. The summed E-state index contributed by atoms with van der Waals surface area (Å²) in [5.74, 6) is 0.110. The van der Waals surface area contributed by atoms with Gasteiger partial charge in [0.05, 0.1) is 13.2 Å². The Morgan fingerprint density at radius 3 is 2.81 bits per heavy atom. The molecule has 1 unspecified atom stereocenters. The van der Waals surface area contributed by atoms with Gasteiger partial charge in [-0.1, -0.05) is 23.7 Å². The van der Waals surface area contributed by atoms with Crippen molar-refractivity contribution in [3.63, 3.8) is 0 Å². The first kappa shape index (κ1) is 21.2. The molecule has 0 radical (unpaired) electrons. The molecule has 0 spiro atoms. The van der Waals surface area contributed by atoms with E-state index in [0.29, 0.717) is 23.2 Å². The maximum Gasteiger partial charge on any atom is 0.329 e. The van der Waals surface area contributed by atoms with Gasteiger partial charge in [-0.3, -0.25) is 9.69 Å². The number of ether oxygens (including phenoxy) is 1. The average molecular weight is 458 g/mol. The highest BCUT2D eigenvalue weighted by molar-refractivity contribution is 7.15. The Balaban J connectivity index is 1.51. The third-order valence-corrected chi connectivity index (χ3v) is 6.44. The molecule has 1 fully saturated rings. The standard InChI is InChI=1S/C21H20ClN5O3S/c1-12(16-11-24-19(31-16)13-3-5-14(22)6-4-13)25-21-23-10-9-17(26-21)27-15(20(29)30-2)7-8-18(27)28/h3-6,9-12,15H,7-8H2,1-2H3,(H,23,25,26)/t12-,15?/m0/s1. The van der Waals surface area contributed by atoms with Crippen molar-refractivity contribution in [3.05, 3.63) is 52.6 Å². The number of aromatic nitrogens is 3. The molecule has 3 aromatic rings. The summed E-state index contributed by atoms with van der Waals surface area (Å²) in [6, 6.07) is 8.36. The van der Waals surface area contributed by atoms with Gasteiger partial charge >= 0.3 is 5.97 Å². The fourth-order valence-electron chi connectivity index (χ4n) is 3.36. The number of carbonyl (C=O) groups is 2. The summed E-state index contributed by atoms with van der Waals surface area (Å²) in [4.78, 5) is 40.0. The lowest BCUT2D eigenvalue weighted by Gasteiger charge is -2.22. The van der Waals surface area contributed by atoms with E-state index in [1.165, 1.54) is 12.0 Å². The summed E-state index contributed by atoms with van der Waals surface area (Å²) in [6.07, 6.45) is 4.05. The molecule has 4 rings (SSSR count). The molecular formula is C21H20ClN5O3S. The second-order valence-electron chi connectivity index (χ2n) is 7.02. The van der Waals surface area contributed by atoms with E-state index in [-0.39, 0.29) is 18.4 Å². The van der Waals surface area contributed by atoms with Gasteiger partial charge in [0.25, 0.3) is 0 Å². The molecule has 3 heterocycles. The number of hydrogen-bond donors (Lipinski definition) is 1. The van der Waals surface area contributed by atoms with Gasteiger partial charge in [-0.05, 0) is 31.5 Å². The minimum absolute atomic E-state index is 0.112. The summed E-state index contributed by atoms with van der Waals surface area (Å²) in [5, 5.41) is 4.81. The van der Waals surface area contributed by atoms with Crippen LogP contribution in [0.3, 0.4) is 0 Å². The van der Waals surface area contributed by atoms with Crippen molar-refractivity contribution >= 4 is 46.6 Å². The number of amides is 1. The third-order valence-electron chi connectivity index (χ3n) is 4.96. The minimum Gasteiger partial charge on any atom is -0.467 e. The fourth-order valence-corrected chi connectivity index (χ4v) is 4.41. The summed E-state index contributed by atoms with van der Waals surface area (Å²) < 4.78 is 4.83. The Hall–Kier alpha value is -3.04. The second-order valence-corrected chi connectivity index (χ2v) is 8.52. The Bertz CT molecular complexity index is 1100. The highest BCUT2D eigenvalue weighted by Gasteiger charge is 2.38. The van der Waals surface area contributed by atoms with Crippen LogP contribution in [-0.4, -0.2) is 40.0 Å². The first-order valence-electron chi connectivity index (χ1n) is 9.67. The van der Waals surface area contributed by atoms with Crippen molar-refractivity contribution in [3.8, 4) is 10.6 Å². The SMILES string of the molecule is COC(=O)C1CCC(=O)N1c1ccnc(N[C@@H](C)c2cnc(-c3ccc(Cl)cc3)s2)n1. The molecule has 1 N–H and O–H groups in total. The second kappa shape index (κ2) is 8.99. The summed E-state index contributed by atoms with van der Waals surface area (Å²) >= 11 is 7.52. The van der Waals surface area contributed by atoms with Crippen LogP contribution in [0.2, 0.25) is 5.02 Å². The quantitative estimate of drug-likeness (QED) is 0.556. The fraction of sp³-hybridized carbons (Fsp3) is 0.286. The number of nitrogens with zero attached hydrogens (tertiary/aromatic N) is 4. The van der Waals surface area contributed by atoms with Crippen molar-refractivity contribution in [1.29, 1.82) is 0 Å². The number of carbonyl (C=O) groups excluding carboxylic acids is 2. The Morgan fingerprint density at radius 2 is 2.06 bits per heavy atom. The molecule has 31 heavy (non-hydrogen) atoms. The van der Waals surface area contributed by atoms with Crippen LogP contribution in [0.25, 0.3) is 10.6 Å². The molecule has 0 aliphatic carbocycles. The predicted octanol–water partition coefficient (Wildman–Crippen LogP) is 4.10. The third kappa shape index (κ3) is 4.52. The van der Waals surface area contributed by atoms with E-state index in [1.54, 1.807) is 23.6 Å². The monoisotopic (exact) mass is 457 g/mol. The van der Waals surface area contributed by atoms with Crippen LogP contribution in [0.5, 0.6) is 0 Å². The van der Waals surface area contributed by atoms with Crippen LogP contribution in [0, 0.1) is 0 Å². The van der Waals surface area contributed by atoms with Crippen molar-refractivity contribution in [1.82, 2.24) is 15.0 Å². The molecule has 1 saturated heterocycles. The molecule has 8 nitrogen and oxygen atoms in total. The van der Waals surface area contributed by atoms with Gasteiger partial charge in [-0.15, -0.1) is 11.3 Å². The summed E-state index contributed by atoms with van der Waals surface area (Å²) in [7, 11) is 1.31. The van der Waals surface area contributed by atoms with E-state index in [0.717, 1.165) is 15.4 Å². The van der Waals surface area contributed by atoms with Gasteiger partial charge in [0.15, 0.2) is 0 Å². The molecule has 0 saturated carbocycles. The minimum atomic E-state index is -0.666. The van der Waals surface area contributed by atoms with E-state index in [1.807, 2.05) is 37.4 Å². The van der Waals surface area contributed by atoms with Crippen molar-refractivity contribution in [2.75, 3.05) is 17.3 Å². The molecule has 2 aromatic heterocycles. The smallest absolute Gasteiger partial charge is 0.329 e. The molecule has 160 valence electrons. The molecule has 2 atom stereocenters. The van der Waals surface area contributed by atoms with E-state index in [2.05, 4.69) is 20.3 Å². The lowest BCUT2D eigenvalue weighted by Crippen LogP contribution is -2.40. The van der Waals surface area contributed by atoms with E-state index < -0.39 is 12.0 Å². The van der Waals surface area contributed by atoms with Crippen LogP contribution < -0.4 is 10.2 Å². The first-order chi connectivity index (χ1) is 15.0. The maximum absolute atomic E-state index is 12.3. The van der Waals surface area contributed by atoms with Gasteiger partial charge in [0.1, 0.15) is 16.9 Å². The van der Waals surface area contributed by atoms with Crippen LogP contribution in [0.15, 0.2) is 42.7 Å². The number of benzene rings is 1. The van der Waals surface area contributed by atoms with Crippen molar-refractivity contribution < 1.29 is 14.3 Å². The molecule has 0 bridgehead atoms. The van der Waals surface area contributed by atoms with Crippen LogP contribution in [0.4, 0.5) is 11.8 Å². The van der Waals surface area contributed by atoms with Gasteiger partial charge in [-0.2, -0.15) is 4.98 Å². The maximum atomic E-state index is 12.3. The normalized spacial score (nSPS) is 16.9. The Labute approximate surface area is 188 Å². The zero-order chi connectivity index (χ0) is 22.0. The summed E-state index contributed by atoms with van der Waals surface area (Å²) in [5.41, 5.74) is 0.993. The molecule has 1 amide bonds. The topological polar surface area (TPSA) is 97.3 Å². The molecule has 1 aliphatic heterocycles. The lowest BCUT2D eigenvalue weighted by molar-refractivity contribution is -0.142. The number of esters is 1. The first-order valence-corrected chi connectivity index (χ1v) is 10.9. The average Bonchev–Trinajstić information content (AvgIpc) is 3.41. The largest absolute Gasteiger partial charge is 0.467 e. The number of methoxy groups -OCH3 is 1. The molecule has 1 aromatic carbocycles. The zero-order valence-electron chi connectivity index (χ0n) is 16.9. The Morgan fingerprint density at radius 1 is 1.29 bits per heavy atom. The van der Waals surface area contributed by atoms with Crippen LogP contribution >= 0.6 is 22.9 Å². The van der Waals surface area contributed by atoms with E-state index in [9.17, 15) is 9.59 Å².